The fourth-order valence-corrected chi connectivity index (χ4v) is 2.75. The van der Waals surface area contributed by atoms with Crippen molar-refractivity contribution in [2.75, 3.05) is 13.2 Å². The fraction of sp³-hybridized carbons (Fsp3) is 0.312. The summed E-state index contributed by atoms with van der Waals surface area (Å²) in [4.78, 5) is 13.3. The summed E-state index contributed by atoms with van der Waals surface area (Å²) >= 11 is 1.98. The summed E-state index contributed by atoms with van der Waals surface area (Å²) in [5.74, 6) is 2.67. The number of ether oxygens (including phenoxy) is 1. The molecule has 116 valence electrons. The number of carbonyl (C=O) groups is 1. The molecule has 0 saturated heterocycles. The van der Waals surface area contributed by atoms with Crippen molar-refractivity contribution in [2.45, 2.75) is 16.8 Å². The molecule has 1 aliphatic heterocycles. The largest absolute Gasteiger partial charge is 0.481 e. The van der Waals surface area contributed by atoms with Crippen LogP contribution in [0.4, 0.5) is 8.78 Å². The van der Waals surface area contributed by atoms with Crippen LogP contribution in [0.15, 0.2) is 30.3 Å². The van der Waals surface area contributed by atoms with E-state index >= 15 is 0 Å². The van der Waals surface area contributed by atoms with Crippen molar-refractivity contribution < 1.29 is 18.3 Å². The van der Waals surface area contributed by atoms with Gasteiger partial charge in [-0.2, -0.15) is 0 Å². The molecule has 1 heterocycles. The predicted molar refractivity (Wildman–Crippen MR) is 88.9 cm³/mol. The van der Waals surface area contributed by atoms with Gasteiger partial charge in [0.05, 0.1) is 10.5 Å². The Bertz CT molecular complexity index is 608. The van der Waals surface area contributed by atoms with Gasteiger partial charge in [-0.05, 0) is 36.2 Å². The van der Waals surface area contributed by atoms with Gasteiger partial charge < -0.3 is 9.64 Å². The number of allylic oxidation sites excluding steroid dienone is 1. The van der Waals surface area contributed by atoms with Crippen molar-refractivity contribution in [2.24, 2.45) is 0 Å². The number of rotatable bonds is 5. The molecule has 0 bridgehead atoms. The van der Waals surface area contributed by atoms with Crippen LogP contribution >= 0.6 is 22.6 Å². The second-order valence-electron chi connectivity index (χ2n) is 4.65. The first-order chi connectivity index (χ1) is 10.5. The molecular weight excluding hydrogens is 403 g/mol. The lowest BCUT2D eigenvalue weighted by atomic mass is 10.0. The molecule has 6 heteroatoms. The topological polar surface area (TPSA) is 29.5 Å². The Labute approximate surface area is 141 Å². The van der Waals surface area contributed by atoms with E-state index in [0.717, 1.165) is 4.90 Å². The molecule has 3 nitrogen and oxygen atoms in total. The van der Waals surface area contributed by atoms with Crippen LogP contribution in [0.1, 0.15) is 12.0 Å². The first-order valence-corrected chi connectivity index (χ1v) is 7.88. The first-order valence-electron chi connectivity index (χ1n) is 6.63. The summed E-state index contributed by atoms with van der Waals surface area (Å²) < 4.78 is 30.5. The van der Waals surface area contributed by atoms with Gasteiger partial charge in [0.1, 0.15) is 12.4 Å². The maximum absolute atomic E-state index is 12.7. The molecule has 1 aromatic carbocycles. The normalized spacial score (nSPS) is 18.1. The zero-order valence-corrected chi connectivity index (χ0v) is 13.8. The number of halogens is 3. The lowest BCUT2D eigenvalue weighted by molar-refractivity contribution is -0.128. The number of carbonyl (C=O) groups excluding carboxylic acids is 1. The van der Waals surface area contributed by atoms with E-state index in [1.165, 1.54) is 0 Å². The third-order valence-electron chi connectivity index (χ3n) is 3.14. The SMILES string of the molecule is C#CCOc1ccc(C2=CCC(I)C(=O)N2CC(F)F)cc1. The van der Waals surface area contributed by atoms with Gasteiger partial charge in [0.2, 0.25) is 5.91 Å². The van der Waals surface area contributed by atoms with Crippen molar-refractivity contribution in [1.29, 1.82) is 0 Å². The van der Waals surface area contributed by atoms with Crippen LogP contribution in [0.25, 0.3) is 5.70 Å². The number of alkyl halides is 3. The Hall–Kier alpha value is -1.62. The molecule has 22 heavy (non-hydrogen) atoms. The fourth-order valence-electron chi connectivity index (χ4n) is 2.16. The van der Waals surface area contributed by atoms with E-state index in [0.29, 0.717) is 23.4 Å². The van der Waals surface area contributed by atoms with Gasteiger partial charge in [0, 0.05) is 5.70 Å². The zero-order valence-electron chi connectivity index (χ0n) is 11.6. The molecule has 1 aliphatic rings. The maximum atomic E-state index is 12.7. The maximum Gasteiger partial charge on any atom is 0.256 e. The van der Waals surface area contributed by atoms with Crippen LogP contribution in [-0.2, 0) is 4.79 Å². The number of nitrogens with zero attached hydrogens (tertiary/aromatic N) is 1. The minimum Gasteiger partial charge on any atom is -0.481 e. The Kier molecular flexibility index (Phi) is 5.77. The van der Waals surface area contributed by atoms with Crippen LogP contribution in [0.5, 0.6) is 5.75 Å². The second kappa shape index (κ2) is 7.58. The summed E-state index contributed by atoms with van der Waals surface area (Å²) in [6.07, 6.45) is 4.89. The molecule has 1 aromatic rings. The Morgan fingerprint density at radius 2 is 2.09 bits per heavy atom. The highest BCUT2D eigenvalue weighted by atomic mass is 127. The summed E-state index contributed by atoms with van der Waals surface area (Å²) in [6, 6.07) is 6.87. The Morgan fingerprint density at radius 3 is 2.68 bits per heavy atom. The predicted octanol–water partition coefficient (Wildman–Crippen LogP) is 3.34. The highest BCUT2D eigenvalue weighted by Gasteiger charge is 2.31. The number of hydrogen-bond donors (Lipinski definition) is 0. The molecule has 1 amide bonds. The van der Waals surface area contributed by atoms with Gasteiger partial charge >= 0.3 is 0 Å². The van der Waals surface area contributed by atoms with Crippen molar-refractivity contribution in [3.63, 3.8) is 0 Å². The highest BCUT2D eigenvalue weighted by Crippen LogP contribution is 2.30. The van der Waals surface area contributed by atoms with Gasteiger partial charge in [0.15, 0.2) is 0 Å². The molecule has 0 spiro atoms. The summed E-state index contributed by atoms with van der Waals surface area (Å²) in [5, 5.41) is 0. The minimum absolute atomic E-state index is 0.161. The van der Waals surface area contributed by atoms with Crippen molar-refractivity contribution in [3.8, 4) is 18.1 Å². The van der Waals surface area contributed by atoms with Crippen molar-refractivity contribution >= 4 is 34.2 Å². The molecule has 2 rings (SSSR count). The average Bonchev–Trinajstić information content (AvgIpc) is 2.50. The molecular formula is C16H14F2INO2. The van der Waals surface area contributed by atoms with Crippen LogP contribution < -0.4 is 4.74 Å². The van der Waals surface area contributed by atoms with E-state index in [-0.39, 0.29) is 16.4 Å². The van der Waals surface area contributed by atoms with Gasteiger partial charge in [-0.25, -0.2) is 8.78 Å². The first kappa shape index (κ1) is 16.7. The average molecular weight is 417 g/mol. The molecule has 0 radical (unpaired) electrons. The lowest BCUT2D eigenvalue weighted by Crippen LogP contribution is -2.40. The molecule has 0 aliphatic carbocycles. The Balaban J connectivity index is 2.24. The quantitative estimate of drug-likeness (QED) is 0.418. The molecule has 0 fully saturated rings. The van der Waals surface area contributed by atoms with Crippen molar-refractivity contribution in [1.82, 2.24) is 4.90 Å². The van der Waals surface area contributed by atoms with Gasteiger partial charge in [0.25, 0.3) is 6.43 Å². The molecule has 0 N–H and O–H groups in total. The summed E-state index contributed by atoms with van der Waals surface area (Å²) in [5.41, 5.74) is 1.21. The minimum atomic E-state index is -2.58. The van der Waals surface area contributed by atoms with Crippen LogP contribution in [0.2, 0.25) is 0 Å². The number of terminal acetylenes is 1. The van der Waals surface area contributed by atoms with Crippen molar-refractivity contribution in [3.05, 3.63) is 35.9 Å². The molecule has 0 aromatic heterocycles. The van der Waals surface area contributed by atoms with E-state index in [1.54, 1.807) is 24.3 Å². The molecule has 1 unspecified atom stereocenters. The van der Waals surface area contributed by atoms with Crippen LogP contribution in [-0.4, -0.2) is 34.3 Å². The van der Waals surface area contributed by atoms with E-state index in [4.69, 9.17) is 11.2 Å². The zero-order chi connectivity index (χ0) is 16.1. The van der Waals surface area contributed by atoms with Gasteiger partial charge in [-0.15, -0.1) is 6.42 Å². The Morgan fingerprint density at radius 1 is 1.41 bits per heavy atom. The molecule has 1 atom stereocenters. The number of hydrogen-bond acceptors (Lipinski definition) is 2. The summed E-state index contributed by atoms with van der Waals surface area (Å²) in [6.45, 7) is -0.436. The van der Waals surface area contributed by atoms with E-state index in [2.05, 4.69) is 5.92 Å². The monoisotopic (exact) mass is 417 g/mol. The summed E-state index contributed by atoms with van der Waals surface area (Å²) in [7, 11) is 0. The lowest BCUT2D eigenvalue weighted by Gasteiger charge is -2.31. The third-order valence-corrected chi connectivity index (χ3v) is 4.18. The van der Waals surface area contributed by atoms with Gasteiger partial charge in [-0.1, -0.05) is 34.6 Å². The standard InChI is InChI=1S/C16H14F2INO2/c1-2-9-22-12-5-3-11(4-6-12)14-8-7-13(19)16(21)20(14)10-15(17)18/h1,3-6,8,13,15H,7,9-10H2. The molecule has 0 saturated carbocycles. The van der Waals surface area contributed by atoms with E-state index < -0.39 is 13.0 Å². The van der Waals surface area contributed by atoms with Gasteiger partial charge in [-0.3, -0.25) is 4.79 Å². The van der Waals surface area contributed by atoms with Crippen LogP contribution in [0, 0.1) is 12.3 Å². The highest BCUT2D eigenvalue weighted by molar-refractivity contribution is 14.1. The second-order valence-corrected chi connectivity index (χ2v) is 6.15. The third kappa shape index (κ3) is 3.97. The van der Waals surface area contributed by atoms with E-state index in [9.17, 15) is 13.6 Å². The number of benzene rings is 1. The van der Waals surface area contributed by atoms with Crippen LogP contribution in [0.3, 0.4) is 0 Å². The van der Waals surface area contributed by atoms with E-state index in [1.807, 2.05) is 28.7 Å². The smallest absolute Gasteiger partial charge is 0.256 e. The number of amides is 1.